The number of rotatable bonds is 1. The van der Waals surface area contributed by atoms with Crippen molar-refractivity contribution in [2.24, 2.45) is 0 Å². The Hall–Kier alpha value is -1.78. The third kappa shape index (κ3) is 1.72. The first kappa shape index (κ1) is 9.76. The van der Waals surface area contributed by atoms with Crippen LogP contribution in [-0.4, -0.2) is 11.8 Å². The minimum absolute atomic E-state index is 0.0417. The highest BCUT2D eigenvalue weighted by molar-refractivity contribution is 6.19. The van der Waals surface area contributed by atoms with Crippen molar-refractivity contribution in [3.05, 3.63) is 29.8 Å². The molecule has 1 saturated heterocycles. The third-order valence-electron chi connectivity index (χ3n) is 2.16. The number of halogens is 2. The quantitative estimate of drug-likeness (QED) is 0.662. The minimum atomic E-state index is -0.808. The number of carbonyl (C=O) groups excluding carboxylic acids is 2. The fourth-order valence-electron chi connectivity index (χ4n) is 1.53. The van der Waals surface area contributed by atoms with Gasteiger partial charge >= 0.3 is 0 Å². The zero-order valence-electron chi connectivity index (χ0n) is 7.67. The van der Waals surface area contributed by atoms with E-state index in [1.165, 1.54) is 0 Å². The molecule has 1 heterocycles. The second-order valence-corrected chi connectivity index (χ2v) is 3.25. The van der Waals surface area contributed by atoms with Gasteiger partial charge in [0.25, 0.3) is 0 Å². The summed E-state index contributed by atoms with van der Waals surface area (Å²) in [6.07, 6.45) is 0.188. The van der Waals surface area contributed by atoms with E-state index < -0.39 is 23.4 Å². The molecule has 0 radical (unpaired) electrons. The number of carbonyl (C=O) groups is 2. The molecule has 2 amide bonds. The normalized spacial score (nSPS) is 16.3. The van der Waals surface area contributed by atoms with Crippen molar-refractivity contribution in [3.8, 4) is 0 Å². The van der Waals surface area contributed by atoms with Gasteiger partial charge in [-0.2, -0.15) is 0 Å². The molecule has 78 valence electrons. The molecule has 0 bridgehead atoms. The molecule has 0 unspecified atom stereocenters. The van der Waals surface area contributed by atoms with E-state index in [9.17, 15) is 18.4 Å². The first-order chi connectivity index (χ1) is 7.08. The van der Waals surface area contributed by atoms with Crippen LogP contribution < -0.4 is 4.90 Å². The second-order valence-electron chi connectivity index (χ2n) is 3.25. The molecule has 0 aromatic heterocycles. The van der Waals surface area contributed by atoms with Crippen molar-refractivity contribution in [2.45, 2.75) is 12.8 Å². The van der Waals surface area contributed by atoms with E-state index >= 15 is 0 Å². The van der Waals surface area contributed by atoms with Crippen molar-refractivity contribution in [1.29, 1.82) is 0 Å². The van der Waals surface area contributed by atoms with Crippen molar-refractivity contribution >= 4 is 17.5 Å². The molecule has 2 rings (SSSR count). The molecule has 1 aliphatic rings. The summed E-state index contributed by atoms with van der Waals surface area (Å²) >= 11 is 0. The van der Waals surface area contributed by atoms with Gasteiger partial charge in [0.15, 0.2) is 0 Å². The van der Waals surface area contributed by atoms with E-state index in [2.05, 4.69) is 0 Å². The topological polar surface area (TPSA) is 37.4 Å². The van der Waals surface area contributed by atoms with E-state index in [1.807, 2.05) is 0 Å². The molecule has 0 aliphatic carbocycles. The number of nitrogens with zero attached hydrogens (tertiary/aromatic N) is 1. The summed E-state index contributed by atoms with van der Waals surface area (Å²) in [4.78, 5) is 23.3. The molecule has 1 aromatic rings. The van der Waals surface area contributed by atoms with Crippen LogP contribution in [0.15, 0.2) is 18.2 Å². The van der Waals surface area contributed by atoms with Gasteiger partial charge in [0.1, 0.15) is 11.6 Å². The Labute approximate surface area is 84.3 Å². The zero-order chi connectivity index (χ0) is 11.0. The molecule has 5 heteroatoms. The average Bonchev–Trinajstić information content (AvgIpc) is 2.44. The largest absolute Gasteiger partial charge is 0.274 e. The highest BCUT2D eigenvalue weighted by Crippen LogP contribution is 2.24. The standard InChI is InChI=1S/C10H7F2NO2/c11-6-3-7(12)5-8(4-6)13-9(14)1-2-10(13)15/h3-5H,1-2H2. The Balaban J connectivity index is 2.44. The van der Waals surface area contributed by atoms with Gasteiger partial charge in [-0.05, 0) is 12.1 Å². The maximum absolute atomic E-state index is 12.8. The summed E-state index contributed by atoms with van der Waals surface area (Å²) in [5.41, 5.74) is -0.0417. The van der Waals surface area contributed by atoms with Gasteiger partial charge in [-0.3, -0.25) is 14.5 Å². The van der Waals surface area contributed by atoms with Crippen LogP contribution in [0.4, 0.5) is 14.5 Å². The zero-order valence-corrected chi connectivity index (χ0v) is 7.67. The molecule has 0 atom stereocenters. The number of hydrogen-bond donors (Lipinski definition) is 0. The molecular formula is C10H7F2NO2. The summed E-state index contributed by atoms with van der Waals surface area (Å²) < 4.78 is 25.7. The summed E-state index contributed by atoms with van der Waals surface area (Å²) in [6, 6.07) is 2.61. The first-order valence-electron chi connectivity index (χ1n) is 4.40. The highest BCUT2D eigenvalue weighted by Gasteiger charge is 2.30. The van der Waals surface area contributed by atoms with Crippen LogP contribution in [0.1, 0.15) is 12.8 Å². The molecule has 1 aliphatic heterocycles. The van der Waals surface area contributed by atoms with E-state index in [1.54, 1.807) is 0 Å². The average molecular weight is 211 g/mol. The number of anilines is 1. The second kappa shape index (κ2) is 3.42. The number of hydrogen-bond acceptors (Lipinski definition) is 2. The lowest BCUT2D eigenvalue weighted by Crippen LogP contribution is -2.28. The smallest absolute Gasteiger partial charge is 0.234 e. The monoisotopic (exact) mass is 211 g/mol. The van der Waals surface area contributed by atoms with E-state index in [-0.39, 0.29) is 18.5 Å². The van der Waals surface area contributed by atoms with Gasteiger partial charge in [-0.15, -0.1) is 0 Å². The van der Waals surface area contributed by atoms with Crippen LogP contribution in [0.2, 0.25) is 0 Å². The SMILES string of the molecule is O=C1CCC(=O)N1c1cc(F)cc(F)c1. The van der Waals surface area contributed by atoms with Gasteiger partial charge in [0, 0.05) is 18.9 Å². The molecule has 15 heavy (non-hydrogen) atoms. The Morgan fingerprint density at radius 2 is 1.40 bits per heavy atom. The highest BCUT2D eigenvalue weighted by atomic mass is 19.1. The van der Waals surface area contributed by atoms with Gasteiger partial charge in [0.2, 0.25) is 11.8 Å². The Morgan fingerprint density at radius 3 is 1.87 bits per heavy atom. The maximum Gasteiger partial charge on any atom is 0.234 e. The number of amides is 2. The lowest BCUT2D eigenvalue weighted by molar-refractivity contribution is -0.121. The van der Waals surface area contributed by atoms with Crippen molar-refractivity contribution < 1.29 is 18.4 Å². The predicted octanol–water partition coefficient (Wildman–Crippen LogP) is 1.62. The molecule has 1 aromatic carbocycles. The fourth-order valence-corrected chi connectivity index (χ4v) is 1.53. The molecule has 3 nitrogen and oxygen atoms in total. The molecule has 0 saturated carbocycles. The van der Waals surface area contributed by atoms with E-state index in [4.69, 9.17) is 0 Å². The number of imide groups is 1. The Morgan fingerprint density at radius 1 is 0.933 bits per heavy atom. The summed E-state index contributed by atoms with van der Waals surface area (Å²) in [6.45, 7) is 0. The lowest BCUT2D eigenvalue weighted by atomic mass is 10.3. The predicted molar refractivity (Wildman–Crippen MR) is 48.1 cm³/mol. The third-order valence-corrected chi connectivity index (χ3v) is 2.16. The van der Waals surface area contributed by atoms with Crippen LogP contribution in [0.3, 0.4) is 0 Å². The van der Waals surface area contributed by atoms with Gasteiger partial charge in [0.05, 0.1) is 5.69 Å². The lowest BCUT2D eigenvalue weighted by Gasteiger charge is -2.13. The van der Waals surface area contributed by atoms with Crippen molar-refractivity contribution in [3.63, 3.8) is 0 Å². The van der Waals surface area contributed by atoms with Gasteiger partial charge in [-0.1, -0.05) is 0 Å². The van der Waals surface area contributed by atoms with Crippen LogP contribution in [0.25, 0.3) is 0 Å². The van der Waals surface area contributed by atoms with Crippen LogP contribution in [0, 0.1) is 11.6 Å². The maximum atomic E-state index is 12.8. The van der Waals surface area contributed by atoms with E-state index in [0.29, 0.717) is 6.07 Å². The summed E-state index contributed by atoms with van der Waals surface area (Å²) in [5, 5.41) is 0. The molecule has 1 fully saturated rings. The Bertz CT molecular complexity index is 409. The summed E-state index contributed by atoms with van der Waals surface area (Å²) in [7, 11) is 0. The fraction of sp³-hybridized carbons (Fsp3) is 0.200. The Kier molecular flexibility index (Phi) is 2.22. The van der Waals surface area contributed by atoms with Crippen LogP contribution in [-0.2, 0) is 9.59 Å². The molecule has 0 spiro atoms. The molecule has 0 N–H and O–H groups in total. The van der Waals surface area contributed by atoms with E-state index in [0.717, 1.165) is 17.0 Å². The van der Waals surface area contributed by atoms with Crippen LogP contribution >= 0.6 is 0 Å². The minimum Gasteiger partial charge on any atom is -0.274 e. The molecular weight excluding hydrogens is 204 g/mol. The van der Waals surface area contributed by atoms with Crippen molar-refractivity contribution in [1.82, 2.24) is 0 Å². The van der Waals surface area contributed by atoms with Crippen molar-refractivity contribution in [2.75, 3.05) is 4.90 Å². The van der Waals surface area contributed by atoms with Gasteiger partial charge in [-0.25, -0.2) is 8.78 Å². The summed E-state index contributed by atoms with van der Waals surface area (Å²) in [5.74, 6) is -2.47. The first-order valence-corrected chi connectivity index (χ1v) is 4.40. The van der Waals surface area contributed by atoms with Crippen LogP contribution in [0.5, 0.6) is 0 Å². The van der Waals surface area contributed by atoms with Gasteiger partial charge < -0.3 is 0 Å². The number of benzene rings is 1.